The highest BCUT2D eigenvalue weighted by Gasteiger charge is 2.16. The highest BCUT2D eigenvalue weighted by atomic mass is 31.2. The van der Waals surface area contributed by atoms with Crippen LogP contribution in [0.1, 0.15) is 116 Å². The highest BCUT2D eigenvalue weighted by molar-refractivity contribution is 7.45. The molecule has 33 heavy (non-hydrogen) atoms. The van der Waals surface area contributed by atoms with Crippen LogP contribution in [0, 0.1) is 5.92 Å². The van der Waals surface area contributed by atoms with Gasteiger partial charge in [0.1, 0.15) is 13.2 Å². The predicted molar refractivity (Wildman–Crippen MR) is 137 cm³/mol. The lowest BCUT2D eigenvalue weighted by molar-refractivity contribution is -0.870. The maximum atomic E-state index is 11.9. The summed E-state index contributed by atoms with van der Waals surface area (Å²) < 4.78 is 22.4. The largest absolute Gasteiger partial charge is 0.756 e. The quantitative estimate of drug-likeness (QED) is 0.0897. The summed E-state index contributed by atoms with van der Waals surface area (Å²) in [5.41, 5.74) is 0. The van der Waals surface area contributed by atoms with Gasteiger partial charge in [-0.05, 0) is 6.42 Å². The van der Waals surface area contributed by atoms with Crippen LogP contribution in [0.5, 0.6) is 0 Å². The average molecular weight is 494 g/mol. The molecule has 0 saturated heterocycles. The van der Waals surface area contributed by atoms with Gasteiger partial charge in [0.25, 0.3) is 7.82 Å². The van der Waals surface area contributed by atoms with Crippen LogP contribution < -0.4 is 4.89 Å². The lowest BCUT2D eigenvalue weighted by Crippen LogP contribution is -2.37. The first kappa shape index (κ1) is 33.0. The molecule has 0 heterocycles. The molecule has 0 bridgehead atoms. The number of nitrogens with zero attached hydrogens (tertiary/aromatic N) is 1. The molecule has 200 valence electrons. The molecule has 6 nitrogen and oxygen atoms in total. The van der Waals surface area contributed by atoms with Gasteiger partial charge in [0.15, 0.2) is 0 Å². The van der Waals surface area contributed by atoms with Crippen LogP contribution in [0.2, 0.25) is 0 Å². The molecule has 2 atom stereocenters. The van der Waals surface area contributed by atoms with Gasteiger partial charge in [-0.1, -0.05) is 110 Å². The van der Waals surface area contributed by atoms with Crippen molar-refractivity contribution in [2.24, 2.45) is 5.92 Å². The van der Waals surface area contributed by atoms with Crippen LogP contribution in [0.4, 0.5) is 0 Å². The van der Waals surface area contributed by atoms with E-state index in [1.165, 1.54) is 89.9 Å². The maximum Gasteiger partial charge on any atom is 0.268 e. The summed E-state index contributed by atoms with van der Waals surface area (Å²) >= 11 is 0. The SMILES string of the molecule is CCCCCCCCCCCCCCCCCCC(CO)COP(=O)([O-])OCC[N+](C)(C)C. The molecule has 0 aliphatic rings. The van der Waals surface area contributed by atoms with Gasteiger partial charge in [-0.2, -0.15) is 0 Å². The third kappa shape index (κ3) is 24.9. The average Bonchev–Trinajstić information content (AvgIpc) is 2.74. The highest BCUT2D eigenvalue weighted by Crippen LogP contribution is 2.38. The van der Waals surface area contributed by atoms with Gasteiger partial charge in [0.2, 0.25) is 0 Å². The van der Waals surface area contributed by atoms with Crippen LogP contribution in [-0.2, 0) is 13.6 Å². The fourth-order valence-electron chi connectivity index (χ4n) is 3.87. The monoisotopic (exact) mass is 493 g/mol. The molecule has 0 aromatic carbocycles. The Labute approximate surface area is 205 Å². The Hall–Kier alpha value is 0.0300. The van der Waals surface area contributed by atoms with Crippen molar-refractivity contribution in [3.63, 3.8) is 0 Å². The number of likely N-dealkylation sites (N-methyl/N-ethyl adjacent to an activating group) is 1. The van der Waals surface area contributed by atoms with E-state index >= 15 is 0 Å². The number of quaternary nitrogens is 1. The molecule has 0 amide bonds. The number of hydrogen-bond acceptors (Lipinski definition) is 5. The van der Waals surface area contributed by atoms with E-state index < -0.39 is 7.82 Å². The van der Waals surface area contributed by atoms with Crippen LogP contribution >= 0.6 is 7.82 Å². The topological polar surface area (TPSA) is 78.8 Å². The molecular weight excluding hydrogens is 437 g/mol. The standard InChI is InChI=1S/C26H56NO5P/c1-5-6-7-8-9-10-11-12-13-14-15-16-17-18-19-20-21-26(24-28)25-32-33(29,30)31-23-22-27(2,3)4/h26,28H,5-25H2,1-4H3. The minimum atomic E-state index is -4.29. The molecule has 0 spiro atoms. The number of phosphoric ester groups is 1. The summed E-state index contributed by atoms with van der Waals surface area (Å²) in [6, 6.07) is 0. The number of hydrogen-bond donors (Lipinski definition) is 1. The van der Waals surface area contributed by atoms with Gasteiger partial charge in [0.05, 0.1) is 27.7 Å². The van der Waals surface area contributed by atoms with Crippen LogP contribution in [0.15, 0.2) is 0 Å². The predicted octanol–water partition coefficient (Wildman–Crippen LogP) is 6.45. The maximum absolute atomic E-state index is 11.9. The smallest absolute Gasteiger partial charge is 0.268 e. The minimum Gasteiger partial charge on any atom is -0.756 e. The Bertz CT molecular complexity index is 470. The van der Waals surface area contributed by atoms with E-state index in [1.54, 1.807) is 0 Å². The first-order valence-corrected chi connectivity index (χ1v) is 15.2. The van der Waals surface area contributed by atoms with Crippen LogP contribution in [-0.4, -0.2) is 57.1 Å². The van der Waals surface area contributed by atoms with Crippen molar-refractivity contribution in [3.05, 3.63) is 0 Å². The Balaban J connectivity index is 3.53. The molecule has 0 aromatic heterocycles. The zero-order valence-electron chi connectivity index (χ0n) is 22.4. The van der Waals surface area contributed by atoms with E-state index in [9.17, 15) is 14.6 Å². The number of unbranched alkanes of at least 4 members (excludes halogenated alkanes) is 15. The molecule has 0 radical (unpaired) electrons. The van der Waals surface area contributed by atoms with Crippen molar-refractivity contribution in [3.8, 4) is 0 Å². The summed E-state index contributed by atoms with van der Waals surface area (Å²) in [6.07, 6.45) is 22.0. The second-order valence-corrected chi connectivity index (χ2v) is 12.1. The lowest BCUT2D eigenvalue weighted by atomic mass is 10.0. The van der Waals surface area contributed by atoms with Gasteiger partial charge in [-0.25, -0.2) is 0 Å². The van der Waals surface area contributed by atoms with Gasteiger partial charge < -0.3 is 23.5 Å². The van der Waals surface area contributed by atoms with E-state index in [-0.39, 0.29) is 25.7 Å². The summed E-state index contributed by atoms with van der Waals surface area (Å²) in [7, 11) is 1.62. The van der Waals surface area contributed by atoms with E-state index in [4.69, 9.17) is 9.05 Å². The molecule has 7 heteroatoms. The van der Waals surface area contributed by atoms with Gasteiger partial charge in [-0.15, -0.1) is 0 Å². The summed E-state index contributed by atoms with van der Waals surface area (Å²) in [4.78, 5) is 11.9. The summed E-state index contributed by atoms with van der Waals surface area (Å²) in [5.74, 6) is -0.152. The first-order chi connectivity index (χ1) is 15.7. The third-order valence-electron chi connectivity index (χ3n) is 6.20. The van der Waals surface area contributed by atoms with Crippen LogP contribution in [0.3, 0.4) is 0 Å². The number of aliphatic hydroxyl groups is 1. The van der Waals surface area contributed by atoms with Crippen LogP contribution in [0.25, 0.3) is 0 Å². The van der Waals surface area contributed by atoms with Crippen molar-refractivity contribution >= 4 is 7.82 Å². The second kappa shape index (κ2) is 21.3. The Morgan fingerprint density at radius 3 is 1.58 bits per heavy atom. The number of aliphatic hydroxyl groups excluding tert-OH is 1. The Morgan fingerprint density at radius 1 is 0.758 bits per heavy atom. The molecular formula is C26H56NO5P. The van der Waals surface area contributed by atoms with Crippen molar-refractivity contribution in [2.75, 3.05) is 47.5 Å². The third-order valence-corrected chi connectivity index (χ3v) is 7.17. The molecule has 0 saturated carbocycles. The molecule has 2 unspecified atom stereocenters. The van der Waals surface area contributed by atoms with E-state index in [0.29, 0.717) is 11.0 Å². The molecule has 1 N–H and O–H groups in total. The van der Waals surface area contributed by atoms with E-state index in [2.05, 4.69) is 6.92 Å². The molecule has 0 aliphatic carbocycles. The second-order valence-electron chi connectivity index (χ2n) is 10.7. The number of rotatable bonds is 25. The molecule has 0 rings (SSSR count). The number of phosphoric acid groups is 1. The molecule has 0 aromatic rings. The summed E-state index contributed by atoms with van der Waals surface area (Å²) in [6.45, 7) is 2.90. The zero-order chi connectivity index (χ0) is 24.8. The fraction of sp³-hybridized carbons (Fsp3) is 1.00. The van der Waals surface area contributed by atoms with E-state index in [1.807, 2.05) is 21.1 Å². The minimum absolute atomic E-state index is 0.000390. The normalized spacial score (nSPS) is 15.0. The van der Waals surface area contributed by atoms with Crippen molar-refractivity contribution in [2.45, 2.75) is 116 Å². The van der Waals surface area contributed by atoms with Gasteiger partial charge in [0, 0.05) is 12.5 Å². The lowest BCUT2D eigenvalue weighted by Gasteiger charge is -2.28. The summed E-state index contributed by atoms with van der Waals surface area (Å²) in [5, 5.41) is 9.52. The fourth-order valence-corrected chi connectivity index (χ4v) is 4.64. The van der Waals surface area contributed by atoms with E-state index in [0.717, 1.165) is 19.3 Å². The zero-order valence-corrected chi connectivity index (χ0v) is 23.3. The van der Waals surface area contributed by atoms with Crippen molar-refractivity contribution < 1.29 is 28.1 Å². The Morgan fingerprint density at radius 2 is 1.18 bits per heavy atom. The first-order valence-electron chi connectivity index (χ1n) is 13.7. The molecule has 0 aliphatic heterocycles. The van der Waals surface area contributed by atoms with Gasteiger partial charge in [-0.3, -0.25) is 4.57 Å². The Kier molecular flexibility index (Phi) is 21.3. The van der Waals surface area contributed by atoms with Crippen molar-refractivity contribution in [1.29, 1.82) is 0 Å². The van der Waals surface area contributed by atoms with Gasteiger partial charge >= 0.3 is 0 Å². The molecule has 0 fully saturated rings. The van der Waals surface area contributed by atoms with Crippen molar-refractivity contribution in [1.82, 2.24) is 0 Å².